The van der Waals surface area contributed by atoms with Gasteiger partial charge in [0.2, 0.25) is 11.7 Å². The second-order valence-electron chi connectivity index (χ2n) is 6.31. The molecule has 9 nitrogen and oxygen atoms in total. The van der Waals surface area contributed by atoms with Gasteiger partial charge in [0.25, 0.3) is 5.91 Å². The molecule has 10 heteroatoms. The Labute approximate surface area is 165 Å². The average molecular weight is 403 g/mol. The van der Waals surface area contributed by atoms with Gasteiger partial charge in [-0.05, 0) is 32.2 Å². The lowest BCUT2D eigenvalue weighted by atomic mass is 10.2. The third-order valence-electron chi connectivity index (χ3n) is 4.23. The fraction of sp³-hybridized carbons (Fsp3) is 0.389. The average Bonchev–Trinajstić information content (AvgIpc) is 3.38. The first-order valence-corrected chi connectivity index (χ1v) is 9.65. The number of hydrogen-bond donors (Lipinski definition) is 1. The molecule has 0 aliphatic heterocycles. The van der Waals surface area contributed by atoms with Crippen LogP contribution < -0.4 is 5.32 Å². The van der Waals surface area contributed by atoms with E-state index in [2.05, 4.69) is 20.6 Å². The summed E-state index contributed by atoms with van der Waals surface area (Å²) in [7, 11) is 1.79. The molecule has 1 amide bonds. The van der Waals surface area contributed by atoms with Crippen LogP contribution in [0.4, 0.5) is 5.69 Å². The largest absolute Gasteiger partial charge is 0.453 e. The van der Waals surface area contributed by atoms with Crippen molar-refractivity contribution in [3.8, 4) is 11.4 Å². The molecule has 0 fully saturated rings. The third kappa shape index (κ3) is 4.45. The lowest BCUT2D eigenvalue weighted by Gasteiger charge is -2.13. The highest BCUT2D eigenvalue weighted by Crippen LogP contribution is 2.20. The number of carbonyl (C=O) groups excluding carboxylic acids is 2. The molecule has 0 spiro atoms. The van der Waals surface area contributed by atoms with Crippen LogP contribution in [-0.4, -0.2) is 37.9 Å². The number of hydrogen-bond acceptors (Lipinski definition) is 8. The number of nitrogens with one attached hydrogen (secondary N) is 1. The zero-order chi connectivity index (χ0) is 20.3. The van der Waals surface area contributed by atoms with E-state index in [0.29, 0.717) is 23.1 Å². The van der Waals surface area contributed by atoms with Crippen LogP contribution >= 0.6 is 11.3 Å². The number of amides is 1. The van der Waals surface area contributed by atoms with Gasteiger partial charge in [-0.1, -0.05) is 5.16 Å². The van der Waals surface area contributed by atoms with Crippen molar-refractivity contribution in [2.24, 2.45) is 7.05 Å². The molecular formula is C18H21N5O4S. The maximum Gasteiger partial charge on any atom is 0.307 e. The number of rotatable bonds is 7. The van der Waals surface area contributed by atoms with E-state index in [0.717, 1.165) is 11.3 Å². The molecule has 3 heterocycles. The Bertz CT molecular complexity index is 976. The smallest absolute Gasteiger partial charge is 0.307 e. The Morgan fingerprint density at radius 3 is 2.82 bits per heavy atom. The van der Waals surface area contributed by atoms with Gasteiger partial charge in [0.05, 0.1) is 23.5 Å². The van der Waals surface area contributed by atoms with Crippen molar-refractivity contribution in [1.82, 2.24) is 19.9 Å². The Balaban J connectivity index is 1.49. The minimum Gasteiger partial charge on any atom is -0.453 e. The van der Waals surface area contributed by atoms with Crippen molar-refractivity contribution < 1.29 is 18.8 Å². The molecule has 0 aromatic carbocycles. The lowest BCUT2D eigenvalue weighted by molar-refractivity contribution is -0.153. The van der Waals surface area contributed by atoms with E-state index >= 15 is 0 Å². The zero-order valence-electron chi connectivity index (χ0n) is 16.1. The minimum absolute atomic E-state index is 0.0356. The monoisotopic (exact) mass is 403 g/mol. The van der Waals surface area contributed by atoms with E-state index in [4.69, 9.17) is 9.26 Å². The minimum atomic E-state index is -0.935. The number of aryl methyl sites for hydroxylation is 3. The van der Waals surface area contributed by atoms with Crippen molar-refractivity contribution in [1.29, 1.82) is 0 Å². The van der Waals surface area contributed by atoms with Gasteiger partial charge in [-0.15, -0.1) is 0 Å². The molecule has 1 atom stereocenters. The van der Waals surface area contributed by atoms with Gasteiger partial charge >= 0.3 is 5.97 Å². The molecule has 0 saturated heterocycles. The van der Waals surface area contributed by atoms with Crippen LogP contribution in [0.15, 0.2) is 21.3 Å². The summed E-state index contributed by atoms with van der Waals surface area (Å²) in [6.45, 7) is 5.17. The molecule has 3 aromatic heterocycles. The normalized spacial score (nSPS) is 12.0. The van der Waals surface area contributed by atoms with Crippen molar-refractivity contribution in [3.63, 3.8) is 0 Å². The van der Waals surface area contributed by atoms with Gasteiger partial charge in [-0.25, -0.2) is 0 Å². The summed E-state index contributed by atoms with van der Waals surface area (Å²) < 4.78 is 12.0. The highest BCUT2D eigenvalue weighted by molar-refractivity contribution is 7.08. The summed E-state index contributed by atoms with van der Waals surface area (Å²) in [5.41, 5.74) is 3.02. The lowest BCUT2D eigenvalue weighted by Crippen LogP contribution is -2.30. The van der Waals surface area contributed by atoms with Crippen molar-refractivity contribution in [2.45, 2.75) is 39.7 Å². The van der Waals surface area contributed by atoms with Gasteiger partial charge < -0.3 is 14.6 Å². The second-order valence-corrected chi connectivity index (χ2v) is 7.09. The number of esters is 1. The Kier molecular flexibility index (Phi) is 5.88. The van der Waals surface area contributed by atoms with Gasteiger partial charge in [0.15, 0.2) is 6.10 Å². The molecule has 1 N–H and O–H groups in total. The van der Waals surface area contributed by atoms with E-state index in [-0.39, 0.29) is 12.8 Å². The molecule has 3 aromatic rings. The number of aromatic nitrogens is 4. The third-order valence-corrected chi connectivity index (χ3v) is 4.91. The summed E-state index contributed by atoms with van der Waals surface area (Å²) in [5.74, 6) is -0.0981. The van der Waals surface area contributed by atoms with Crippen LogP contribution in [0.1, 0.15) is 30.6 Å². The molecule has 0 aliphatic rings. The Morgan fingerprint density at radius 1 is 1.39 bits per heavy atom. The predicted octanol–water partition coefficient (Wildman–Crippen LogP) is 2.65. The number of anilines is 1. The molecule has 3 rings (SSSR count). The van der Waals surface area contributed by atoms with Crippen LogP contribution in [0.2, 0.25) is 0 Å². The molecule has 0 saturated carbocycles. The highest BCUT2D eigenvalue weighted by Gasteiger charge is 2.21. The van der Waals surface area contributed by atoms with Crippen LogP contribution in [0.3, 0.4) is 0 Å². The maximum atomic E-state index is 12.3. The van der Waals surface area contributed by atoms with Crippen LogP contribution in [-0.2, 0) is 27.8 Å². The van der Waals surface area contributed by atoms with Gasteiger partial charge in [-0.2, -0.15) is 21.4 Å². The molecule has 0 unspecified atom stereocenters. The molecular weight excluding hydrogens is 382 g/mol. The van der Waals surface area contributed by atoms with Gasteiger partial charge in [-0.3, -0.25) is 14.3 Å². The first kappa shape index (κ1) is 19.7. The van der Waals surface area contributed by atoms with E-state index < -0.39 is 18.0 Å². The molecule has 148 valence electrons. The summed E-state index contributed by atoms with van der Waals surface area (Å²) in [5, 5.41) is 14.7. The first-order chi connectivity index (χ1) is 13.3. The van der Waals surface area contributed by atoms with Crippen LogP contribution in [0.5, 0.6) is 0 Å². The number of nitrogens with zero attached hydrogens (tertiary/aromatic N) is 4. The second kappa shape index (κ2) is 8.34. The quantitative estimate of drug-likeness (QED) is 0.604. The van der Waals surface area contributed by atoms with E-state index in [1.807, 2.05) is 23.8 Å². The highest BCUT2D eigenvalue weighted by atomic mass is 32.1. The SMILES string of the molecule is Cc1nn(C)c(C)c1NC(=O)[C@@H](C)OC(=O)CCc1nc(-c2ccsc2)no1. The Morgan fingerprint density at radius 2 is 2.18 bits per heavy atom. The van der Waals surface area contributed by atoms with E-state index in [9.17, 15) is 9.59 Å². The first-order valence-electron chi connectivity index (χ1n) is 8.71. The topological polar surface area (TPSA) is 112 Å². The van der Waals surface area contributed by atoms with E-state index in [1.54, 1.807) is 18.7 Å². The predicted molar refractivity (Wildman–Crippen MR) is 103 cm³/mol. The summed E-state index contributed by atoms with van der Waals surface area (Å²) in [4.78, 5) is 28.6. The molecule has 0 radical (unpaired) electrons. The van der Waals surface area contributed by atoms with Crippen molar-refractivity contribution >= 4 is 28.9 Å². The van der Waals surface area contributed by atoms with Crippen LogP contribution in [0, 0.1) is 13.8 Å². The maximum absolute atomic E-state index is 12.3. The Hall–Kier alpha value is -3.01. The van der Waals surface area contributed by atoms with Crippen molar-refractivity contribution in [3.05, 3.63) is 34.1 Å². The number of thiophene rings is 1. The van der Waals surface area contributed by atoms with Gasteiger partial charge in [0, 0.05) is 24.4 Å². The number of ether oxygens (including phenoxy) is 1. The van der Waals surface area contributed by atoms with Crippen LogP contribution in [0.25, 0.3) is 11.4 Å². The molecule has 0 bridgehead atoms. The zero-order valence-corrected chi connectivity index (χ0v) is 16.9. The summed E-state index contributed by atoms with van der Waals surface area (Å²) in [6, 6.07) is 1.89. The molecule has 0 aliphatic carbocycles. The fourth-order valence-corrected chi connectivity index (χ4v) is 3.20. The van der Waals surface area contributed by atoms with E-state index in [1.165, 1.54) is 18.3 Å². The molecule has 28 heavy (non-hydrogen) atoms. The summed E-state index contributed by atoms with van der Waals surface area (Å²) in [6.07, 6.45) is -0.658. The summed E-state index contributed by atoms with van der Waals surface area (Å²) >= 11 is 1.54. The van der Waals surface area contributed by atoms with Gasteiger partial charge in [0.1, 0.15) is 0 Å². The van der Waals surface area contributed by atoms with Crippen molar-refractivity contribution in [2.75, 3.05) is 5.32 Å². The number of carbonyl (C=O) groups is 2. The standard InChI is InChI=1S/C18H21N5O4S/c1-10-16(11(2)23(4)21-10)20-18(25)12(3)26-15(24)6-5-14-19-17(22-27-14)13-7-8-28-9-13/h7-9,12H,5-6H2,1-4H3,(H,20,25)/t12-/m1/s1. The fourth-order valence-electron chi connectivity index (χ4n) is 2.56.